The molecule has 0 unspecified atom stereocenters. The minimum atomic E-state index is -0.741. The van der Waals surface area contributed by atoms with E-state index >= 15 is 0 Å². The van der Waals surface area contributed by atoms with Gasteiger partial charge in [0.15, 0.2) is 16.8 Å². The number of nitrogens with one attached hydrogen (secondary N) is 1. The van der Waals surface area contributed by atoms with Crippen molar-refractivity contribution >= 4 is 29.2 Å². The summed E-state index contributed by atoms with van der Waals surface area (Å²) in [5.74, 6) is -1.37. The van der Waals surface area contributed by atoms with E-state index in [9.17, 15) is 24.4 Å². The van der Waals surface area contributed by atoms with Gasteiger partial charge >= 0.3 is 0 Å². The van der Waals surface area contributed by atoms with E-state index in [-0.39, 0.29) is 36.1 Å². The van der Waals surface area contributed by atoms with Gasteiger partial charge in [0.1, 0.15) is 6.33 Å². The fourth-order valence-corrected chi connectivity index (χ4v) is 4.72. The first-order chi connectivity index (χ1) is 16.0. The molecule has 33 heavy (non-hydrogen) atoms. The number of hydrogen-bond acceptors (Lipinski definition) is 8. The second-order valence-electron chi connectivity index (χ2n) is 7.60. The number of amides is 1. The Morgan fingerprint density at radius 2 is 2.12 bits per heavy atom. The fraction of sp³-hybridized carbons (Fsp3) is 0.333. The molecular formula is C21H21FN6O4S. The minimum absolute atomic E-state index is 0.0335. The van der Waals surface area contributed by atoms with E-state index < -0.39 is 16.6 Å². The van der Waals surface area contributed by atoms with Gasteiger partial charge in [-0.05, 0) is 48.2 Å². The summed E-state index contributed by atoms with van der Waals surface area (Å²) in [4.78, 5) is 28.1. The van der Waals surface area contributed by atoms with E-state index in [4.69, 9.17) is 0 Å². The highest BCUT2D eigenvalue weighted by Gasteiger charge is 2.22. The van der Waals surface area contributed by atoms with E-state index in [1.54, 1.807) is 10.8 Å². The van der Waals surface area contributed by atoms with Crippen molar-refractivity contribution in [2.24, 2.45) is 0 Å². The van der Waals surface area contributed by atoms with E-state index in [1.165, 1.54) is 24.5 Å². The molecule has 1 aromatic carbocycles. The number of pyridine rings is 1. The maximum Gasteiger partial charge on any atom is 0.270 e. The van der Waals surface area contributed by atoms with Crippen LogP contribution in [-0.2, 0) is 6.54 Å². The van der Waals surface area contributed by atoms with E-state index in [0.29, 0.717) is 10.1 Å². The Labute approximate surface area is 192 Å². The lowest BCUT2D eigenvalue weighted by Crippen LogP contribution is -2.16. The predicted octanol–water partition coefficient (Wildman–Crippen LogP) is 3.77. The second-order valence-corrected chi connectivity index (χ2v) is 8.61. The Morgan fingerprint density at radius 1 is 1.33 bits per heavy atom. The van der Waals surface area contributed by atoms with E-state index in [0.717, 1.165) is 49.1 Å². The zero-order chi connectivity index (χ0) is 23.4. The van der Waals surface area contributed by atoms with Crippen LogP contribution in [0.15, 0.2) is 46.8 Å². The average molecular weight is 473 g/mol. The van der Waals surface area contributed by atoms with Crippen LogP contribution in [-0.4, -0.2) is 42.3 Å². The molecule has 0 aliphatic heterocycles. The summed E-state index contributed by atoms with van der Waals surface area (Å²) in [6.07, 6.45) is 7.17. The molecule has 0 radical (unpaired) electrons. The average Bonchev–Trinajstić information content (AvgIpc) is 3.48. The molecule has 0 atom stereocenters. The van der Waals surface area contributed by atoms with Gasteiger partial charge in [-0.15, -0.1) is 10.2 Å². The van der Waals surface area contributed by atoms with Crippen LogP contribution in [0.4, 0.5) is 15.9 Å². The van der Waals surface area contributed by atoms with Crippen molar-refractivity contribution in [3.05, 3.63) is 63.8 Å². The van der Waals surface area contributed by atoms with Crippen molar-refractivity contribution in [1.29, 1.82) is 0 Å². The van der Waals surface area contributed by atoms with Crippen molar-refractivity contribution in [2.75, 3.05) is 11.9 Å². The van der Waals surface area contributed by atoms with Crippen molar-refractivity contribution in [2.45, 2.75) is 48.2 Å². The summed E-state index contributed by atoms with van der Waals surface area (Å²) in [7, 11) is 0. The number of rotatable bonds is 8. The number of halogens is 1. The van der Waals surface area contributed by atoms with E-state index in [1.807, 2.05) is 0 Å². The number of aromatic nitrogens is 4. The number of carbonyl (C=O) groups is 1. The summed E-state index contributed by atoms with van der Waals surface area (Å²) in [5, 5.41) is 31.0. The summed E-state index contributed by atoms with van der Waals surface area (Å²) in [6, 6.07) is 5.19. The van der Waals surface area contributed by atoms with Gasteiger partial charge in [0.2, 0.25) is 0 Å². The van der Waals surface area contributed by atoms with Crippen LogP contribution >= 0.6 is 11.8 Å². The normalized spacial score (nSPS) is 13.9. The van der Waals surface area contributed by atoms with Crippen molar-refractivity contribution < 1.29 is 19.2 Å². The lowest BCUT2D eigenvalue weighted by atomic mass is 9.99. The summed E-state index contributed by atoms with van der Waals surface area (Å²) < 4.78 is 16.3. The van der Waals surface area contributed by atoms with Crippen molar-refractivity contribution in [3.8, 4) is 0 Å². The molecule has 2 heterocycles. The second kappa shape index (κ2) is 10.0. The number of non-ortho nitro benzene ring substituents is 1. The molecule has 0 spiro atoms. The summed E-state index contributed by atoms with van der Waals surface area (Å²) in [6.45, 7) is 0.104. The highest BCUT2D eigenvalue weighted by molar-refractivity contribution is 7.99. The molecular weight excluding hydrogens is 451 g/mol. The van der Waals surface area contributed by atoms with Crippen LogP contribution in [0.3, 0.4) is 0 Å². The molecule has 1 aliphatic carbocycles. The number of nitro benzene ring substituents is 1. The SMILES string of the molecule is O=C(Nc1ncc(C2CCCC2)cc1F)c1cc([N+](=O)[O-])ccc1Sc1nncn1CCO. The fourth-order valence-electron chi connectivity index (χ4n) is 3.78. The molecule has 0 bridgehead atoms. The molecule has 2 N–H and O–H groups in total. The molecule has 0 saturated heterocycles. The standard InChI is InChI=1S/C21H21FN6O4S/c22-17-9-14(13-3-1-2-4-13)11-23-19(17)25-20(30)16-10-15(28(31)32)5-6-18(16)33-21-26-24-12-27(21)7-8-29/h5-6,9-13,29H,1-4,7-8H2,(H,23,25,30). The summed E-state index contributed by atoms with van der Waals surface area (Å²) >= 11 is 1.05. The zero-order valence-corrected chi connectivity index (χ0v) is 18.3. The van der Waals surface area contributed by atoms with Gasteiger partial charge in [0, 0.05) is 29.8 Å². The van der Waals surface area contributed by atoms with Crippen molar-refractivity contribution in [3.63, 3.8) is 0 Å². The summed E-state index contributed by atoms with van der Waals surface area (Å²) in [5.41, 5.74) is 0.484. The van der Waals surface area contributed by atoms with Crippen LogP contribution < -0.4 is 5.32 Å². The Hall–Kier alpha value is -3.38. The predicted molar refractivity (Wildman–Crippen MR) is 118 cm³/mol. The smallest absolute Gasteiger partial charge is 0.270 e. The van der Waals surface area contributed by atoms with Gasteiger partial charge in [0.25, 0.3) is 11.6 Å². The number of hydrogen-bond donors (Lipinski definition) is 2. The Bertz CT molecular complexity index is 1180. The number of carbonyl (C=O) groups excluding carboxylic acids is 1. The first-order valence-electron chi connectivity index (χ1n) is 10.4. The number of nitro groups is 1. The number of benzene rings is 1. The molecule has 3 aromatic rings. The van der Waals surface area contributed by atoms with E-state index in [2.05, 4.69) is 20.5 Å². The third kappa shape index (κ3) is 5.17. The van der Waals surface area contributed by atoms with Gasteiger partial charge in [-0.25, -0.2) is 9.37 Å². The molecule has 1 saturated carbocycles. The van der Waals surface area contributed by atoms with Gasteiger partial charge < -0.3 is 15.0 Å². The Morgan fingerprint density at radius 3 is 2.82 bits per heavy atom. The third-order valence-corrected chi connectivity index (χ3v) is 6.54. The van der Waals surface area contributed by atoms with Crippen LogP contribution in [0.5, 0.6) is 0 Å². The number of anilines is 1. The Balaban J connectivity index is 1.61. The number of aliphatic hydroxyl groups is 1. The molecule has 12 heteroatoms. The molecule has 172 valence electrons. The van der Waals surface area contributed by atoms with Crippen LogP contribution in [0.1, 0.15) is 47.5 Å². The first-order valence-corrected chi connectivity index (χ1v) is 11.2. The van der Waals surface area contributed by atoms with Gasteiger partial charge in [0.05, 0.1) is 17.1 Å². The van der Waals surface area contributed by atoms with Crippen molar-refractivity contribution in [1.82, 2.24) is 19.7 Å². The lowest BCUT2D eigenvalue weighted by Gasteiger charge is -2.13. The van der Waals surface area contributed by atoms with Crippen LogP contribution in [0.25, 0.3) is 0 Å². The third-order valence-electron chi connectivity index (χ3n) is 5.46. The molecule has 1 amide bonds. The molecule has 2 aromatic heterocycles. The maximum absolute atomic E-state index is 14.7. The van der Waals surface area contributed by atoms with Gasteiger partial charge in [-0.1, -0.05) is 12.8 Å². The Kier molecular flexibility index (Phi) is 6.94. The quantitative estimate of drug-likeness (QED) is 0.373. The first kappa shape index (κ1) is 22.8. The molecule has 10 nitrogen and oxygen atoms in total. The lowest BCUT2D eigenvalue weighted by molar-refractivity contribution is -0.384. The monoisotopic (exact) mass is 472 g/mol. The largest absolute Gasteiger partial charge is 0.395 e. The molecule has 4 rings (SSSR count). The molecule has 1 fully saturated rings. The van der Waals surface area contributed by atoms with Crippen LogP contribution in [0, 0.1) is 15.9 Å². The minimum Gasteiger partial charge on any atom is -0.395 e. The number of nitrogens with zero attached hydrogens (tertiary/aromatic N) is 5. The van der Waals surface area contributed by atoms with Crippen LogP contribution in [0.2, 0.25) is 0 Å². The van der Waals surface area contributed by atoms with Gasteiger partial charge in [-0.3, -0.25) is 14.9 Å². The zero-order valence-electron chi connectivity index (χ0n) is 17.5. The molecule has 1 aliphatic rings. The van der Waals surface area contributed by atoms with Gasteiger partial charge in [-0.2, -0.15) is 0 Å². The topological polar surface area (TPSA) is 136 Å². The highest BCUT2D eigenvalue weighted by Crippen LogP contribution is 2.35. The maximum atomic E-state index is 14.7. The highest BCUT2D eigenvalue weighted by atomic mass is 32.2. The number of aliphatic hydroxyl groups excluding tert-OH is 1.